The van der Waals surface area contributed by atoms with Crippen LogP contribution < -0.4 is 0 Å². The summed E-state index contributed by atoms with van der Waals surface area (Å²) >= 11 is 0. The van der Waals surface area contributed by atoms with Gasteiger partial charge in [-0.15, -0.1) is 0 Å². The fourth-order valence-electron chi connectivity index (χ4n) is 0.321. The molecule has 1 rings (SSSR count). The molecule has 0 amide bonds. The van der Waals surface area contributed by atoms with E-state index in [4.69, 9.17) is 18.6 Å². The van der Waals surface area contributed by atoms with Crippen molar-refractivity contribution in [2.45, 2.75) is 0 Å². The molecule has 0 heterocycles. The standard InChI is InChI=1S/C5H5.4CO.V/c1-2-4-5-3-1;4*1-2;/h1-5H;;;;;/q-1;;;;;. The Morgan fingerprint density at radius 2 is 0.857 bits per heavy atom. The zero-order chi connectivity index (χ0) is 11.5. The van der Waals surface area contributed by atoms with E-state index in [0.717, 1.165) is 0 Å². The number of rotatable bonds is 0. The van der Waals surface area contributed by atoms with Gasteiger partial charge in [0, 0.05) is 18.6 Å². The molecule has 1 radical (unpaired) electrons. The largest absolute Gasteiger partial charge is 0.214 e. The van der Waals surface area contributed by atoms with Gasteiger partial charge >= 0.3 is 45.2 Å². The fraction of sp³-hybridized carbons (Fsp3) is 0. The first kappa shape index (κ1) is 29.3. The molecule has 1 aromatic carbocycles. The summed E-state index contributed by atoms with van der Waals surface area (Å²) in [5, 5.41) is 0. The molecule has 1 aromatic rings. The first-order chi connectivity index (χ1) is 6.50. The van der Waals surface area contributed by atoms with Gasteiger partial charge in [0.2, 0.25) is 0 Å². The summed E-state index contributed by atoms with van der Waals surface area (Å²) in [6, 6.07) is 10.0. The van der Waals surface area contributed by atoms with Crippen LogP contribution in [0.25, 0.3) is 0 Å². The predicted molar refractivity (Wildman–Crippen MR) is 37.8 cm³/mol. The van der Waals surface area contributed by atoms with Crippen molar-refractivity contribution in [1.82, 2.24) is 0 Å². The smallest absolute Gasteiger partial charge is 0 e. The van der Waals surface area contributed by atoms with Crippen molar-refractivity contribution < 1.29 is 37.2 Å². The van der Waals surface area contributed by atoms with Gasteiger partial charge in [0.05, 0.1) is 0 Å². The van der Waals surface area contributed by atoms with Crippen LogP contribution in [0.4, 0.5) is 0 Å². The first-order valence-electron chi connectivity index (χ1n) is 2.48. The van der Waals surface area contributed by atoms with Gasteiger partial charge in [-0.25, -0.2) is 12.1 Å². The minimum absolute atomic E-state index is 0. The quantitative estimate of drug-likeness (QED) is 0.473. The molecule has 0 atom stereocenters. The molecule has 14 heavy (non-hydrogen) atoms. The van der Waals surface area contributed by atoms with Gasteiger partial charge < -0.3 is 0 Å². The van der Waals surface area contributed by atoms with E-state index in [0.29, 0.717) is 0 Å². The molecular formula is C9H5O4V-. The van der Waals surface area contributed by atoms with Crippen molar-refractivity contribution in [3.05, 3.63) is 56.9 Å². The summed E-state index contributed by atoms with van der Waals surface area (Å²) in [4.78, 5) is 0. The monoisotopic (exact) mass is 228 g/mol. The second-order valence-corrected chi connectivity index (χ2v) is 0.962. The zero-order valence-electron chi connectivity index (χ0n) is 6.97. The Balaban J connectivity index is -0.0000000267. The van der Waals surface area contributed by atoms with E-state index in [-0.39, 0.29) is 18.6 Å². The van der Waals surface area contributed by atoms with Crippen molar-refractivity contribution >= 4 is 0 Å². The maximum atomic E-state index is 7.50. The van der Waals surface area contributed by atoms with Crippen LogP contribution in [0.15, 0.2) is 30.3 Å². The Hall–Kier alpha value is -1.11. The normalized spacial score (nSPS) is 3.43. The molecule has 0 fully saturated rings. The van der Waals surface area contributed by atoms with E-state index in [1.54, 1.807) is 0 Å². The van der Waals surface area contributed by atoms with Gasteiger partial charge in [0.15, 0.2) is 0 Å². The van der Waals surface area contributed by atoms with E-state index in [9.17, 15) is 0 Å². The van der Waals surface area contributed by atoms with Crippen LogP contribution >= 0.6 is 0 Å². The average molecular weight is 228 g/mol. The molecule has 71 valence electrons. The van der Waals surface area contributed by atoms with Gasteiger partial charge in [-0.05, 0) is 0 Å². The Labute approximate surface area is 94.4 Å². The minimum Gasteiger partial charge on any atom is -0.214 e. The van der Waals surface area contributed by atoms with Crippen molar-refractivity contribution in [1.29, 1.82) is 0 Å². The van der Waals surface area contributed by atoms with Crippen LogP contribution in [0.2, 0.25) is 0 Å². The minimum atomic E-state index is 0. The second kappa shape index (κ2) is 93.1. The summed E-state index contributed by atoms with van der Waals surface area (Å²) in [6.07, 6.45) is 0. The van der Waals surface area contributed by atoms with E-state index < -0.39 is 0 Å². The van der Waals surface area contributed by atoms with Crippen LogP contribution in [0.3, 0.4) is 0 Å². The van der Waals surface area contributed by atoms with E-state index in [2.05, 4.69) is 26.6 Å². The van der Waals surface area contributed by atoms with Crippen molar-refractivity contribution in [3.8, 4) is 0 Å². The average Bonchev–Trinajstić information content (AvgIpc) is 2.87. The maximum Gasteiger partial charge on any atom is 0 e. The van der Waals surface area contributed by atoms with Gasteiger partial charge in [-0.2, -0.15) is 18.2 Å². The van der Waals surface area contributed by atoms with Crippen LogP contribution in [-0.2, 0) is 37.2 Å². The summed E-state index contributed by atoms with van der Waals surface area (Å²) in [7, 11) is 0. The fourth-order valence-corrected chi connectivity index (χ4v) is 0.321. The third kappa shape index (κ3) is 70.3. The van der Waals surface area contributed by atoms with Gasteiger partial charge in [-0.3, -0.25) is 0 Å². The summed E-state index contributed by atoms with van der Waals surface area (Å²) in [5.74, 6) is 0. The second-order valence-electron chi connectivity index (χ2n) is 0.962. The molecule has 4 nitrogen and oxygen atoms in total. The molecule has 5 heteroatoms. The van der Waals surface area contributed by atoms with Crippen molar-refractivity contribution in [3.63, 3.8) is 0 Å². The Morgan fingerprint density at radius 3 is 0.929 bits per heavy atom. The Kier molecular flexibility index (Phi) is 195. The SMILES string of the molecule is [C-]#[O+].[C-]#[O+].[C-]#[O+].[C-]#[O+].[V].c1cc[cH-]c1. The molecule has 0 aliphatic rings. The summed E-state index contributed by atoms with van der Waals surface area (Å²) < 4.78 is 30.0. The van der Waals surface area contributed by atoms with Crippen LogP contribution in [-0.4, -0.2) is 0 Å². The molecule has 0 unspecified atom stereocenters. The van der Waals surface area contributed by atoms with E-state index in [1.807, 2.05) is 30.3 Å². The van der Waals surface area contributed by atoms with Crippen LogP contribution in [0, 0.1) is 26.6 Å². The maximum absolute atomic E-state index is 7.50. The molecule has 0 bridgehead atoms. The van der Waals surface area contributed by atoms with Crippen LogP contribution in [0.5, 0.6) is 0 Å². The van der Waals surface area contributed by atoms with E-state index in [1.165, 1.54) is 0 Å². The third-order valence-electron chi connectivity index (χ3n) is 0.556. The molecular weight excluding hydrogens is 223 g/mol. The molecule has 0 aliphatic heterocycles. The molecule has 0 spiro atoms. The molecule has 0 aromatic heterocycles. The van der Waals surface area contributed by atoms with Crippen molar-refractivity contribution in [2.24, 2.45) is 0 Å². The van der Waals surface area contributed by atoms with Gasteiger partial charge in [0.1, 0.15) is 0 Å². The molecule has 0 N–H and O–H groups in total. The Morgan fingerprint density at radius 1 is 0.643 bits per heavy atom. The molecule has 0 saturated carbocycles. The summed E-state index contributed by atoms with van der Waals surface area (Å²) in [6.45, 7) is 18.0. The topological polar surface area (TPSA) is 79.6 Å². The summed E-state index contributed by atoms with van der Waals surface area (Å²) in [5.41, 5.74) is 0. The molecule has 0 aliphatic carbocycles. The third-order valence-corrected chi connectivity index (χ3v) is 0.556. The van der Waals surface area contributed by atoms with Crippen LogP contribution in [0.1, 0.15) is 0 Å². The predicted octanol–water partition coefficient (Wildman–Crippen LogP) is 1.25. The van der Waals surface area contributed by atoms with E-state index >= 15 is 0 Å². The molecule has 0 saturated heterocycles. The van der Waals surface area contributed by atoms with Gasteiger partial charge in [-0.1, -0.05) is 0 Å². The zero-order valence-corrected chi connectivity index (χ0v) is 8.36. The van der Waals surface area contributed by atoms with Gasteiger partial charge in [0.25, 0.3) is 0 Å². The number of hydrogen-bond donors (Lipinski definition) is 0. The number of hydrogen-bond acceptors (Lipinski definition) is 0. The van der Waals surface area contributed by atoms with Crippen molar-refractivity contribution in [2.75, 3.05) is 0 Å². The first-order valence-corrected chi connectivity index (χ1v) is 2.48. The Bertz CT molecular complexity index is 166.